The van der Waals surface area contributed by atoms with Gasteiger partial charge in [0.05, 0.1) is 11.3 Å². The molecule has 0 aromatic heterocycles. The van der Waals surface area contributed by atoms with E-state index in [1.54, 1.807) is 12.1 Å². The molecule has 0 bridgehead atoms. The molecule has 6 heteroatoms. The smallest absolute Gasteiger partial charge is 0.337 e. The average molecular weight is 350 g/mol. The summed E-state index contributed by atoms with van der Waals surface area (Å²) in [5.41, 5.74) is 6.75. The second-order valence-corrected chi connectivity index (χ2v) is 6.09. The predicted molar refractivity (Wildman–Crippen MR) is 99.0 cm³/mol. The quantitative estimate of drug-likeness (QED) is 0.474. The van der Waals surface area contributed by atoms with E-state index in [2.05, 4.69) is 12.2 Å². The number of rotatable bonds is 13. The Morgan fingerprint density at radius 2 is 1.88 bits per heavy atom. The fourth-order valence-corrected chi connectivity index (χ4v) is 2.54. The lowest BCUT2D eigenvalue weighted by Gasteiger charge is -2.11. The summed E-state index contributed by atoms with van der Waals surface area (Å²) in [5.74, 6) is -1.43. The second-order valence-electron chi connectivity index (χ2n) is 6.09. The number of hydrogen-bond donors (Lipinski definition) is 3. The molecule has 0 saturated carbocycles. The normalized spacial score (nSPS) is 10.6. The van der Waals surface area contributed by atoms with E-state index in [0.29, 0.717) is 19.6 Å². The summed E-state index contributed by atoms with van der Waals surface area (Å²) in [7, 11) is 0. The molecule has 1 amide bonds. The first-order valence-corrected chi connectivity index (χ1v) is 9.02. The number of carboxylic acids is 1. The third kappa shape index (κ3) is 8.65. The van der Waals surface area contributed by atoms with E-state index in [0.717, 1.165) is 18.4 Å². The van der Waals surface area contributed by atoms with Gasteiger partial charge in [-0.1, -0.05) is 45.1 Å². The summed E-state index contributed by atoms with van der Waals surface area (Å²) in [5, 5.41) is 11.9. The van der Waals surface area contributed by atoms with Crippen LogP contribution in [0.3, 0.4) is 0 Å². The molecule has 0 atom stereocenters. The number of amides is 1. The molecule has 140 valence electrons. The lowest BCUT2D eigenvalue weighted by atomic mass is 10.1. The van der Waals surface area contributed by atoms with Crippen LogP contribution in [0.5, 0.6) is 0 Å². The Morgan fingerprint density at radius 1 is 1.16 bits per heavy atom. The van der Waals surface area contributed by atoms with Crippen LogP contribution in [0, 0.1) is 0 Å². The van der Waals surface area contributed by atoms with Crippen molar-refractivity contribution in [2.24, 2.45) is 5.73 Å². The van der Waals surface area contributed by atoms with Crippen molar-refractivity contribution in [2.75, 3.05) is 25.1 Å². The van der Waals surface area contributed by atoms with Crippen molar-refractivity contribution in [2.45, 2.75) is 51.9 Å². The highest BCUT2D eigenvalue weighted by Crippen LogP contribution is 2.18. The van der Waals surface area contributed by atoms with Gasteiger partial charge in [-0.15, -0.1) is 0 Å². The maximum absolute atomic E-state index is 12.0. The van der Waals surface area contributed by atoms with Crippen LogP contribution in [0.2, 0.25) is 0 Å². The number of hydrogen-bond acceptors (Lipinski definition) is 4. The molecule has 6 nitrogen and oxygen atoms in total. The topological polar surface area (TPSA) is 102 Å². The average Bonchev–Trinajstić information content (AvgIpc) is 2.57. The van der Waals surface area contributed by atoms with Crippen LogP contribution in [0.25, 0.3) is 0 Å². The number of nitrogens with two attached hydrogens (primary N) is 1. The maximum Gasteiger partial charge on any atom is 0.337 e. The van der Waals surface area contributed by atoms with E-state index < -0.39 is 5.97 Å². The lowest BCUT2D eigenvalue weighted by Crippen LogP contribution is -2.20. The van der Waals surface area contributed by atoms with Crippen molar-refractivity contribution in [1.82, 2.24) is 0 Å². The molecule has 1 aromatic rings. The number of unbranched alkanes of at least 4 members (excludes halogenated alkanes) is 5. The van der Waals surface area contributed by atoms with Crippen LogP contribution in [0.4, 0.5) is 5.69 Å². The van der Waals surface area contributed by atoms with Gasteiger partial charge in [0.1, 0.15) is 6.61 Å². The largest absolute Gasteiger partial charge is 0.478 e. The van der Waals surface area contributed by atoms with Crippen LogP contribution >= 0.6 is 0 Å². The monoisotopic (exact) mass is 350 g/mol. The third-order valence-electron chi connectivity index (χ3n) is 3.90. The molecular weight excluding hydrogens is 320 g/mol. The van der Waals surface area contributed by atoms with E-state index in [1.807, 2.05) is 0 Å². The van der Waals surface area contributed by atoms with Gasteiger partial charge in [0, 0.05) is 6.61 Å². The van der Waals surface area contributed by atoms with Crippen molar-refractivity contribution in [3.8, 4) is 0 Å². The predicted octanol–water partition coefficient (Wildman–Crippen LogP) is 3.20. The van der Waals surface area contributed by atoms with Gasteiger partial charge in [-0.05, 0) is 37.1 Å². The molecule has 0 aliphatic heterocycles. The summed E-state index contributed by atoms with van der Waals surface area (Å²) in [6.45, 7) is 3.11. The number of nitrogens with one attached hydrogen (secondary N) is 1. The van der Waals surface area contributed by atoms with Crippen LogP contribution in [-0.2, 0) is 16.0 Å². The molecule has 0 spiro atoms. The van der Waals surface area contributed by atoms with E-state index in [4.69, 9.17) is 10.5 Å². The fraction of sp³-hybridized carbons (Fsp3) is 0.579. The van der Waals surface area contributed by atoms with Gasteiger partial charge < -0.3 is 20.9 Å². The Balaban J connectivity index is 2.40. The van der Waals surface area contributed by atoms with Gasteiger partial charge in [-0.3, -0.25) is 4.79 Å². The summed E-state index contributed by atoms with van der Waals surface area (Å²) >= 11 is 0. The number of anilines is 1. The van der Waals surface area contributed by atoms with E-state index in [1.165, 1.54) is 31.7 Å². The number of carbonyl (C=O) groups excluding carboxylic acids is 1. The summed E-state index contributed by atoms with van der Waals surface area (Å²) < 4.78 is 5.37. The van der Waals surface area contributed by atoms with E-state index in [9.17, 15) is 14.7 Å². The number of benzene rings is 1. The SMILES string of the molecule is CCCCCCCCOCC(=O)Nc1cc(CCN)ccc1C(=O)O. The molecule has 0 aliphatic carbocycles. The Kier molecular flexibility index (Phi) is 10.5. The zero-order valence-corrected chi connectivity index (χ0v) is 15.1. The minimum absolute atomic E-state index is 0.0602. The molecular formula is C19H30N2O4. The first-order chi connectivity index (χ1) is 12.1. The van der Waals surface area contributed by atoms with E-state index >= 15 is 0 Å². The van der Waals surface area contributed by atoms with Crippen LogP contribution < -0.4 is 11.1 Å². The Bertz CT molecular complexity index is 546. The highest BCUT2D eigenvalue weighted by molar-refractivity contribution is 6.01. The molecule has 0 fully saturated rings. The molecule has 1 aromatic carbocycles. The van der Waals surface area contributed by atoms with E-state index in [-0.39, 0.29) is 23.8 Å². The number of ether oxygens (including phenoxy) is 1. The van der Waals surface area contributed by atoms with Gasteiger partial charge in [0.15, 0.2) is 0 Å². The Hall–Kier alpha value is -1.92. The van der Waals surface area contributed by atoms with Crippen LogP contribution in [0.15, 0.2) is 18.2 Å². The molecule has 0 heterocycles. The number of aromatic carboxylic acids is 1. The van der Waals surface area contributed by atoms with Crippen molar-refractivity contribution >= 4 is 17.6 Å². The molecule has 1 rings (SSSR count). The summed E-state index contributed by atoms with van der Waals surface area (Å²) in [6, 6.07) is 4.85. The molecule has 0 radical (unpaired) electrons. The highest BCUT2D eigenvalue weighted by atomic mass is 16.5. The molecule has 0 aliphatic rings. The molecule has 0 unspecified atom stereocenters. The Labute approximate surface area is 149 Å². The van der Waals surface area contributed by atoms with Crippen molar-refractivity contribution < 1.29 is 19.4 Å². The molecule has 0 saturated heterocycles. The maximum atomic E-state index is 12.0. The summed E-state index contributed by atoms with van der Waals surface area (Å²) in [4.78, 5) is 23.2. The first kappa shape index (κ1) is 21.1. The molecule has 25 heavy (non-hydrogen) atoms. The van der Waals surface area contributed by atoms with Crippen molar-refractivity contribution in [3.05, 3.63) is 29.3 Å². The van der Waals surface area contributed by atoms with Gasteiger partial charge in [0.2, 0.25) is 5.91 Å². The minimum Gasteiger partial charge on any atom is -0.478 e. The zero-order valence-electron chi connectivity index (χ0n) is 15.1. The fourth-order valence-electron chi connectivity index (χ4n) is 2.54. The minimum atomic E-state index is -1.08. The summed E-state index contributed by atoms with van der Waals surface area (Å²) in [6.07, 6.45) is 7.58. The number of carbonyl (C=O) groups is 2. The standard InChI is InChI=1S/C19H30N2O4/c1-2-3-4-5-6-7-12-25-14-18(22)21-17-13-15(10-11-20)8-9-16(17)19(23)24/h8-9,13H,2-7,10-12,14,20H2,1H3,(H,21,22)(H,23,24). The Morgan fingerprint density at radius 3 is 2.56 bits per heavy atom. The van der Waals surface area contributed by atoms with Crippen molar-refractivity contribution in [1.29, 1.82) is 0 Å². The van der Waals surface area contributed by atoms with Gasteiger partial charge in [-0.2, -0.15) is 0 Å². The van der Waals surface area contributed by atoms with Gasteiger partial charge in [-0.25, -0.2) is 4.79 Å². The highest BCUT2D eigenvalue weighted by Gasteiger charge is 2.13. The first-order valence-electron chi connectivity index (χ1n) is 9.02. The zero-order chi connectivity index (χ0) is 18.5. The van der Waals surface area contributed by atoms with Crippen molar-refractivity contribution in [3.63, 3.8) is 0 Å². The number of carboxylic acid groups (broad SMARTS) is 1. The van der Waals surface area contributed by atoms with Crippen LogP contribution in [0.1, 0.15) is 61.4 Å². The lowest BCUT2D eigenvalue weighted by molar-refractivity contribution is -0.120. The van der Waals surface area contributed by atoms with Gasteiger partial charge in [0.25, 0.3) is 0 Å². The third-order valence-corrected chi connectivity index (χ3v) is 3.90. The second kappa shape index (κ2) is 12.4. The van der Waals surface area contributed by atoms with Crippen LogP contribution in [-0.4, -0.2) is 36.7 Å². The molecule has 4 N–H and O–H groups in total. The van der Waals surface area contributed by atoms with Gasteiger partial charge >= 0.3 is 5.97 Å².